The Morgan fingerprint density at radius 3 is 2.74 bits per heavy atom. The van der Waals surface area contributed by atoms with E-state index in [-0.39, 0.29) is 23.3 Å². The molecule has 0 saturated heterocycles. The standard InChI is InChI=1S/C16H18ClN3O3/c1-3-11(23-14-7-5-4-6-12(14)17)10-18-16(22)13-8-9-15(21)20(2)19-13/h4-9,11H,3,10H2,1-2H3,(H,18,22). The lowest BCUT2D eigenvalue weighted by Crippen LogP contribution is -2.36. The number of hydrogen-bond acceptors (Lipinski definition) is 4. The first kappa shape index (κ1) is 17.0. The summed E-state index contributed by atoms with van der Waals surface area (Å²) in [5.74, 6) is 0.220. The molecule has 1 amide bonds. The van der Waals surface area contributed by atoms with Crippen molar-refractivity contribution < 1.29 is 9.53 Å². The molecule has 2 aromatic rings. The van der Waals surface area contributed by atoms with Crippen molar-refractivity contribution >= 4 is 17.5 Å². The average molecular weight is 336 g/mol. The first-order valence-electron chi connectivity index (χ1n) is 7.25. The van der Waals surface area contributed by atoms with Crippen LogP contribution in [0.5, 0.6) is 5.75 Å². The van der Waals surface area contributed by atoms with Crippen LogP contribution in [0.2, 0.25) is 5.02 Å². The van der Waals surface area contributed by atoms with Gasteiger partial charge in [-0.3, -0.25) is 9.59 Å². The number of carbonyl (C=O) groups excluding carboxylic acids is 1. The zero-order valence-electron chi connectivity index (χ0n) is 13.0. The van der Waals surface area contributed by atoms with E-state index < -0.39 is 0 Å². The number of hydrogen-bond donors (Lipinski definition) is 1. The molecule has 1 unspecified atom stereocenters. The summed E-state index contributed by atoms with van der Waals surface area (Å²) in [6, 6.07) is 9.88. The molecule has 1 atom stereocenters. The molecule has 2 rings (SSSR count). The van der Waals surface area contributed by atoms with Crippen molar-refractivity contribution in [3.63, 3.8) is 0 Å². The summed E-state index contributed by atoms with van der Waals surface area (Å²) in [6.45, 7) is 2.27. The summed E-state index contributed by atoms with van der Waals surface area (Å²) >= 11 is 6.06. The van der Waals surface area contributed by atoms with Crippen molar-refractivity contribution in [3.8, 4) is 5.75 Å². The summed E-state index contributed by atoms with van der Waals surface area (Å²) in [5, 5.41) is 7.18. The highest BCUT2D eigenvalue weighted by atomic mass is 35.5. The Hall–Kier alpha value is -2.34. The van der Waals surface area contributed by atoms with Crippen LogP contribution in [0.15, 0.2) is 41.2 Å². The normalized spacial score (nSPS) is 11.8. The molecule has 0 bridgehead atoms. The van der Waals surface area contributed by atoms with Gasteiger partial charge in [-0.2, -0.15) is 5.10 Å². The van der Waals surface area contributed by atoms with Gasteiger partial charge in [-0.15, -0.1) is 0 Å². The topological polar surface area (TPSA) is 73.2 Å². The summed E-state index contributed by atoms with van der Waals surface area (Å²) in [4.78, 5) is 23.4. The molecule has 1 N–H and O–H groups in total. The number of rotatable bonds is 6. The number of aryl methyl sites for hydroxylation is 1. The molecule has 7 heteroatoms. The number of carbonyl (C=O) groups is 1. The Bertz CT molecular complexity index is 745. The molecule has 1 aromatic heterocycles. The molecule has 23 heavy (non-hydrogen) atoms. The van der Waals surface area contributed by atoms with Crippen LogP contribution in [-0.4, -0.2) is 28.3 Å². The van der Waals surface area contributed by atoms with Gasteiger partial charge in [0.2, 0.25) is 0 Å². The molecule has 1 aromatic carbocycles. The third kappa shape index (κ3) is 4.56. The number of ether oxygens (including phenoxy) is 1. The quantitative estimate of drug-likeness (QED) is 0.876. The van der Waals surface area contributed by atoms with Gasteiger partial charge in [-0.1, -0.05) is 30.7 Å². The lowest BCUT2D eigenvalue weighted by molar-refractivity contribution is 0.0919. The van der Waals surface area contributed by atoms with E-state index in [0.717, 1.165) is 4.68 Å². The maximum absolute atomic E-state index is 12.1. The van der Waals surface area contributed by atoms with E-state index in [1.807, 2.05) is 19.1 Å². The first-order valence-corrected chi connectivity index (χ1v) is 7.62. The molecule has 6 nitrogen and oxygen atoms in total. The van der Waals surface area contributed by atoms with Crippen LogP contribution < -0.4 is 15.6 Å². The van der Waals surface area contributed by atoms with Gasteiger partial charge in [0, 0.05) is 13.1 Å². The number of halogens is 1. The Morgan fingerprint density at radius 2 is 2.09 bits per heavy atom. The monoisotopic (exact) mass is 335 g/mol. The molecule has 0 fully saturated rings. The molecule has 0 radical (unpaired) electrons. The molecular formula is C16H18ClN3O3. The Morgan fingerprint density at radius 1 is 1.35 bits per heavy atom. The van der Waals surface area contributed by atoms with Crippen LogP contribution in [-0.2, 0) is 7.05 Å². The van der Waals surface area contributed by atoms with Gasteiger partial charge in [-0.05, 0) is 24.6 Å². The van der Waals surface area contributed by atoms with Crippen molar-refractivity contribution in [2.45, 2.75) is 19.4 Å². The van der Waals surface area contributed by atoms with Gasteiger partial charge in [-0.25, -0.2) is 4.68 Å². The maximum atomic E-state index is 12.1. The minimum absolute atomic E-state index is 0.180. The van der Waals surface area contributed by atoms with E-state index in [4.69, 9.17) is 16.3 Å². The summed E-state index contributed by atoms with van der Waals surface area (Å²) in [7, 11) is 1.49. The summed E-state index contributed by atoms with van der Waals surface area (Å²) < 4.78 is 6.92. The third-order valence-electron chi connectivity index (χ3n) is 3.27. The summed E-state index contributed by atoms with van der Waals surface area (Å²) in [6.07, 6.45) is 0.484. The third-order valence-corrected chi connectivity index (χ3v) is 3.58. The highest BCUT2D eigenvalue weighted by Gasteiger charge is 2.14. The first-order chi connectivity index (χ1) is 11.0. The minimum Gasteiger partial charge on any atom is -0.487 e. The Balaban J connectivity index is 1.97. The number of nitrogens with one attached hydrogen (secondary N) is 1. The van der Waals surface area contributed by atoms with Crippen molar-refractivity contribution in [2.75, 3.05) is 6.54 Å². The van der Waals surface area contributed by atoms with Crippen LogP contribution >= 0.6 is 11.6 Å². The van der Waals surface area contributed by atoms with Crippen molar-refractivity contribution in [1.82, 2.24) is 15.1 Å². The molecule has 0 aliphatic carbocycles. The van der Waals surface area contributed by atoms with E-state index >= 15 is 0 Å². The fourth-order valence-electron chi connectivity index (χ4n) is 1.91. The minimum atomic E-state index is -0.359. The maximum Gasteiger partial charge on any atom is 0.271 e. The van der Waals surface area contributed by atoms with E-state index in [2.05, 4.69) is 10.4 Å². The molecular weight excluding hydrogens is 318 g/mol. The number of nitrogens with zero attached hydrogens (tertiary/aromatic N) is 2. The SMILES string of the molecule is CCC(CNC(=O)c1ccc(=O)n(C)n1)Oc1ccccc1Cl. The zero-order valence-corrected chi connectivity index (χ0v) is 13.7. The molecule has 1 heterocycles. The van der Waals surface area contributed by atoms with Gasteiger partial charge < -0.3 is 10.1 Å². The fraction of sp³-hybridized carbons (Fsp3) is 0.312. The fourth-order valence-corrected chi connectivity index (χ4v) is 2.09. The number of benzene rings is 1. The van der Waals surface area contributed by atoms with E-state index in [9.17, 15) is 9.59 Å². The van der Waals surface area contributed by atoms with Gasteiger partial charge in [0.05, 0.1) is 11.6 Å². The van der Waals surface area contributed by atoms with Crippen molar-refractivity contribution in [2.24, 2.45) is 7.05 Å². The van der Waals surface area contributed by atoms with E-state index in [1.54, 1.807) is 12.1 Å². The highest BCUT2D eigenvalue weighted by Crippen LogP contribution is 2.24. The molecule has 122 valence electrons. The molecule has 0 aliphatic heterocycles. The van der Waals surface area contributed by atoms with Crippen molar-refractivity contribution in [1.29, 1.82) is 0 Å². The van der Waals surface area contributed by atoms with E-state index in [0.29, 0.717) is 23.7 Å². The zero-order chi connectivity index (χ0) is 16.8. The summed E-state index contributed by atoms with van der Waals surface area (Å²) in [5.41, 5.74) is -0.0882. The van der Waals surface area contributed by atoms with Gasteiger partial charge in [0.1, 0.15) is 17.5 Å². The van der Waals surface area contributed by atoms with Gasteiger partial charge >= 0.3 is 0 Å². The Labute approximate surface area is 139 Å². The van der Waals surface area contributed by atoms with Crippen LogP contribution in [0.25, 0.3) is 0 Å². The van der Waals surface area contributed by atoms with Crippen LogP contribution in [0.1, 0.15) is 23.8 Å². The lowest BCUT2D eigenvalue weighted by atomic mass is 10.2. The highest BCUT2D eigenvalue weighted by molar-refractivity contribution is 6.32. The second kappa shape index (κ2) is 7.78. The van der Waals surface area contributed by atoms with Crippen LogP contribution in [0.4, 0.5) is 0 Å². The average Bonchev–Trinajstić information content (AvgIpc) is 2.55. The second-order valence-corrected chi connectivity index (χ2v) is 5.38. The van der Waals surface area contributed by atoms with Crippen LogP contribution in [0.3, 0.4) is 0 Å². The van der Waals surface area contributed by atoms with Gasteiger partial charge in [0.15, 0.2) is 0 Å². The number of aromatic nitrogens is 2. The molecule has 0 aliphatic rings. The lowest BCUT2D eigenvalue weighted by Gasteiger charge is -2.18. The van der Waals surface area contributed by atoms with Crippen LogP contribution in [0, 0.1) is 0 Å². The number of para-hydroxylation sites is 1. The smallest absolute Gasteiger partial charge is 0.271 e. The predicted octanol–water partition coefficient (Wildman–Crippen LogP) is 2.02. The van der Waals surface area contributed by atoms with Crippen molar-refractivity contribution in [3.05, 3.63) is 57.5 Å². The molecule has 0 spiro atoms. The largest absolute Gasteiger partial charge is 0.487 e. The Kier molecular flexibility index (Phi) is 5.76. The second-order valence-electron chi connectivity index (χ2n) is 4.97. The van der Waals surface area contributed by atoms with E-state index in [1.165, 1.54) is 19.2 Å². The van der Waals surface area contributed by atoms with Gasteiger partial charge in [0.25, 0.3) is 11.5 Å². The molecule has 0 saturated carbocycles. The predicted molar refractivity (Wildman–Crippen MR) is 88.0 cm³/mol. The number of amides is 1.